The van der Waals surface area contributed by atoms with Crippen molar-refractivity contribution in [3.63, 3.8) is 0 Å². The molecule has 0 fully saturated rings. The minimum Gasteiger partial charge on any atom is -0.384 e. The Morgan fingerprint density at radius 3 is 2.61 bits per heavy atom. The number of fused-ring (bicyclic) bond motifs is 1. The van der Waals surface area contributed by atoms with Crippen molar-refractivity contribution in [1.29, 1.82) is 5.26 Å². The molecule has 23 heavy (non-hydrogen) atoms. The van der Waals surface area contributed by atoms with Crippen LogP contribution in [0.1, 0.15) is 44.6 Å². The maximum absolute atomic E-state index is 12.9. The smallest absolute Gasteiger partial charge is 0.260 e. The third-order valence-corrected chi connectivity index (χ3v) is 4.69. The molecule has 0 bridgehead atoms. The molecule has 1 aliphatic heterocycles. The zero-order valence-electron chi connectivity index (χ0n) is 13.5. The van der Waals surface area contributed by atoms with Crippen molar-refractivity contribution in [2.45, 2.75) is 39.0 Å². The molecule has 2 N–H and O–H groups in total. The van der Waals surface area contributed by atoms with Gasteiger partial charge in [-0.15, -0.1) is 0 Å². The van der Waals surface area contributed by atoms with Crippen LogP contribution < -0.4 is 10.6 Å². The topological polar surface area (TPSA) is 70.1 Å². The Bertz CT molecular complexity index is 735. The summed E-state index contributed by atoms with van der Waals surface area (Å²) in [4.78, 5) is 14.4. The second-order valence-electron chi connectivity index (χ2n) is 6.44. The van der Waals surface area contributed by atoms with Gasteiger partial charge in [0.15, 0.2) is 0 Å². The standard InChI is InChI=1S/C19H21N3O/c1-12(2)13-7-9-14(10-8-13)22-18(21)17(11-20)15-5-3-4-6-16(15)19(22)23/h6-10,12,15H,3-5,21H2,1-2H3. The van der Waals surface area contributed by atoms with Gasteiger partial charge in [0.25, 0.3) is 5.91 Å². The van der Waals surface area contributed by atoms with Crippen LogP contribution in [0, 0.1) is 17.2 Å². The Kier molecular flexibility index (Phi) is 3.96. The van der Waals surface area contributed by atoms with Crippen LogP contribution in [0.3, 0.4) is 0 Å². The number of nitrogens with zero attached hydrogens (tertiary/aromatic N) is 2. The van der Waals surface area contributed by atoms with E-state index in [9.17, 15) is 10.1 Å². The summed E-state index contributed by atoms with van der Waals surface area (Å²) in [6.07, 6.45) is 4.66. The molecule has 1 unspecified atom stereocenters. The maximum atomic E-state index is 12.9. The zero-order valence-corrected chi connectivity index (χ0v) is 13.5. The lowest BCUT2D eigenvalue weighted by Gasteiger charge is -2.35. The number of carbonyl (C=O) groups excluding carboxylic acids is 1. The summed E-state index contributed by atoms with van der Waals surface area (Å²) in [6, 6.07) is 10.0. The molecule has 3 rings (SSSR count). The fourth-order valence-electron chi connectivity index (χ4n) is 3.35. The van der Waals surface area contributed by atoms with Gasteiger partial charge in [-0.1, -0.05) is 32.1 Å². The average molecular weight is 307 g/mol. The first-order valence-electron chi connectivity index (χ1n) is 8.08. The monoisotopic (exact) mass is 307 g/mol. The first-order chi connectivity index (χ1) is 11.0. The van der Waals surface area contributed by atoms with Crippen LogP contribution in [-0.2, 0) is 4.79 Å². The molecule has 0 saturated carbocycles. The largest absolute Gasteiger partial charge is 0.384 e. The molecule has 1 aliphatic carbocycles. The number of nitrogens with two attached hydrogens (primary N) is 1. The number of carbonyl (C=O) groups is 1. The SMILES string of the molecule is CC(C)c1ccc(N2C(=O)C3=CCCCC3C(C#N)=C2N)cc1. The second-order valence-corrected chi connectivity index (χ2v) is 6.44. The number of nitriles is 1. The van der Waals surface area contributed by atoms with E-state index < -0.39 is 0 Å². The molecule has 1 amide bonds. The lowest BCUT2D eigenvalue weighted by Crippen LogP contribution is -2.43. The van der Waals surface area contributed by atoms with Crippen molar-refractivity contribution in [3.8, 4) is 6.07 Å². The summed E-state index contributed by atoms with van der Waals surface area (Å²) in [5.41, 5.74) is 9.35. The van der Waals surface area contributed by atoms with Crippen molar-refractivity contribution in [2.24, 2.45) is 11.7 Å². The minimum absolute atomic E-state index is 0.0940. The third-order valence-electron chi connectivity index (χ3n) is 4.69. The zero-order chi connectivity index (χ0) is 16.6. The number of rotatable bonds is 2. The summed E-state index contributed by atoms with van der Waals surface area (Å²) < 4.78 is 0. The highest BCUT2D eigenvalue weighted by molar-refractivity contribution is 6.10. The predicted molar refractivity (Wildman–Crippen MR) is 90.3 cm³/mol. The van der Waals surface area contributed by atoms with Gasteiger partial charge in [-0.25, -0.2) is 0 Å². The molecule has 0 aromatic heterocycles. The molecule has 4 nitrogen and oxygen atoms in total. The summed E-state index contributed by atoms with van der Waals surface area (Å²) >= 11 is 0. The molecular formula is C19H21N3O. The molecule has 0 saturated heterocycles. The van der Waals surface area contributed by atoms with E-state index in [-0.39, 0.29) is 17.6 Å². The molecule has 118 valence electrons. The van der Waals surface area contributed by atoms with Gasteiger partial charge in [-0.05, 0) is 42.9 Å². The Labute approximate surface area is 136 Å². The molecular weight excluding hydrogens is 286 g/mol. The molecule has 1 aromatic carbocycles. The highest BCUT2D eigenvalue weighted by Crippen LogP contribution is 2.39. The molecule has 1 atom stereocenters. The molecule has 4 heteroatoms. The highest BCUT2D eigenvalue weighted by atomic mass is 16.2. The van der Waals surface area contributed by atoms with Gasteiger partial charge in [-0.3, -0.25) is 9.69 Å². The summed E-state index contributed by atoms with van der Waals surface area (Å²) in [6.45, 7) is 4.25. The number of hydrogen-bond acceptors (Lipinski definition) is 3. The van der Waals surface area contributed by atoms with Gasteiger partial charge >= 0.3 is 0 Å². The number of anilines is 1. The summed E-state index contributed by atoms with van der Waals surface area (Å²) in [7, 11) is 0. The van der Waals surface area contributed by atoms with E-state index in [1.807, 2.05) is 30.3 Å². The molecule has 0 spiro atoms. The van der Waals surface area contributed by atoms with E-state index in [0.717, 1.165) is 30.5 Å². The summed E-state index contributed by atoms with van der Waals surface area (Å²) in [5, 5.41) is 9.52. The maximum Gasteiger partial charge on any atom is 0.260 e. The van der Waals surface area contributed by atoms with E-state index >= 15 is 0 Å². The van der Waals surface area contributed by atoms with Crippen molar-refractivity contribution < 1.29 is 4.79 Å². The number of benzene rings is 1. The van der Waals surface area contributed by atoms with Crippen molar-refractivity contribution in [1.82, 2.24) is 0 Å². The first-order valence-corrected chi connectivity index (χ1v) is 8.08. The van der Waals surface area contributed by atoms with E-state index in [2.05, 4.69) is 19.9 Å². The van der Waals surface area contributed by atoms with Crippen LogP contribution >= 0.6 is 0 Å². The van der Waals surface area contributed by atoms with Crippen LogP contribution in [0.2, 0.25) is 0 Å². The van der Waals surface area contributed by atoms with Crippen LogP contribution in [0.5, 0.6) is 0 Å². The minimum atomic E-state index is -0.132. The Hall–Kier alpha value is -2.54. The van der Waals surface area contributed by atoms with Crippen LogP contribution in [0.25, 0.3) is 0 Å². The Morgan fingerprint density at radius 2 is 2.00 bits per heavy atom. The normalized spacial score (nSPS) is 21.1. The van der Waals surface area contributed by atoms with Crippen molar-refractivity contribution >= 4 is 11.6 Å². The van der Waals surface area contributed by atoms with E-state index in [1.165, 1.54) is 10.5 Å². The van der Waals surface area contributed by atoms with Crippen molar-refractivity contribution in [3.05, 3.63) is 52.9 Å². The van der Waals surface area contributed by atoms with Crippen LogP contribution in [0.15, 0.2) is 47.3 Å². The Balaban J connectivity index is 2.07. The Morgan fingerprint density at radius 1 is 1.30 bits per heavy atom. The fraction of sp³-hybridized carbons (Fsp3) is 0.368. The molecule has 0 radical (unpaired) electrons. The summed E-state index contributed by atoms with van der Waals surface area (Å²) in [5.74, 6) is 0.476. The average Bonchev–Trinajstić information content (AvgIpc) is 2.56. The van der Waals surface area contributed by atoms with Gasteiger partial charge < -0.3 is 5.73 Å². The first kappa shape index (κ1) is 15.4. The van der Waals surface area contributed by atoms with E-state index in [1.54, 1.807) is 0 Å². The number of allylic oxidation sites excluding steroid dienone is 2. The fourth-order valence-corrected chi connectivity index (χ4v) is 3.35. The van der Waals surface area contributed by atoms with E-state index in [4.69, 9.17) is 5.73 Å². The number of amides is 1. The van der Waals surface area contributed by atoms with Gasteiger partial charge in [0, 0.05) is 11.5 Å². The van der Waals surface area contributed by atoms with Crippen LogP contribution in [-0.4, -0.2) is 5.91 Å². The van der Waals surface area contributed by atoms with Gasteiger partial charge in [-0.2, -0.15) is 5.26 Å². The highest BCUT2D eigenvalue weighted by Gasteiger charge is 2.38. The second kappa shape index (κ2) is 5.92. The lowest BCUT2D eigenvalue weighted by molar-refractivity contribution is -0.115. The molecule has 1 aromatic rings. The lowest BCUT2D eigenvalue weighted by atomic mass is 9.79. The molecule has 1 heterocycles. The van der Waals surface area contributed by atoms with Crippen LogP contribution in [0.4, 0.5) is 5.69 Å². The van der Waals surface area contributed by atoms with Gasteiger partial charge in [0.2, 0.25) is 0 Å². The predicted octanol–water partition coefficient (Wildman–Crippen LogP) is 3.58. The van der Waals surface area contributed by atoms with Crippen molar-refractivity contribution in [2.75, 3.05) is 4.90 Å². The quantitative estimate of drug-likeness (QED) is 0.908. The van der Waals surface area contributed by atoms with Gasteiger partial charge in [0.1, 0.15) is 5.82 Å². The third kappa shape index (κ3) is 2.53. The number of hydrogen-bond donors (Lipinski definition) is 1. The molecule has 2 aliphatic rings. The van der Waals surface area contributed by atoms with E-state index in [0.29, 0.717) is 11.5 Å². The van der Waals surface area contributed by atoms with Gasteiger partial charge in [0.05, 0.1) is 17.3 Å².